The van der Waals surface area contributed by atoms with E-state index in [9.17, 15) is 0 Å². The van der Waals surface area contributed by atoms with Gasteiger partial charge in [0.05, 0.1) is 7.11 Å². The maximum atomic E-state index is 5.06. The third-order valence-corrected chi connectivity index (χ3v) is 3.04. The highest BCUT2D eigenvalue weighted by molar-refractivity contribution is 7.99. The van der Waals surface area contributed by atoms with Gasteiger partial charge in [0.2, 0.25) is 5.88 Å². The predicted octanol–water partition coefficient (Wildman–Crippen LogP) is 2.64. The summed E-state index contributed by atoms with van der Waals surface area (Å²) in [6.45, 7) is 4.32. The summed E-state index contributed by atoms with van der Waals surface area (Å²) >= 11 is 1.92. The van der Waals surface area contributed by atoms with Gasteiger partial charge in [-0.2, -0.15) is 16.7 Å². The lowest BCUT2D eigenvalue weighted by atomic mass is 10.3. The van der Waals surface area contributed by atoms with Gasteiger partial charge in [0.1, 0.15) is 5.82 Å². The van der Waals surface area contributed by atoms with E-state index in [1.807, 2.05) is 30.0 Å². The minimum absolute atomic E-state index is 0.426. The molecule has 1 aromatic rings. The zero-order chi connectivity index (χ0) is 11.1. The number of rotatable bonds is 6. The quantitative estimate of drug-likeness (QED) is 0.808. The van der Waals surface area contributed by atoms with Crippen LogP contribution in [0.3, 0.4) is 0 Å². The van der Waals surface area contributed by atoms with E-state index in [2.05, 4.69) is 24.1 Å². The molecule has 0 aliphatic heterocycles. The summed E-state index contributed by atoms with van der Waals surface area (Å²) in [5.41, 5.74) is 0. The Hall–Kier alpha value is -0.900. The highest BCUT2D eigenvalue weighted by Crippen LogP contribution is 2.13. The number of pyridine rings is 1. The molecule has 0 aromatic carbocycles. The maximum absolute atomic E-state index is 5.06. The smallest absolute Gasteiger partial charge is 0.214 e. The van der Waals surface area contributed by atoms with E-state index >= 15 is 0 Å². The van der Waals surface area contributed by atoms with Gasteiger partial charge >= 0.3 is 0 Å². The third-order valence-electron chi connectivity index (χ3n) is 1.90. The molecule has 0 bridgehead atoms. The lowest BCUT2D eigenvalue weighted by Crippen LogP contribution is -2.18. The van der Waals surface area contributed by atoms with Gasteiger partial charge in [-0.25, -0.2) is 0 Å². The van der Waals surface area contributed by atoms with Gasteiger partial charge < -0.3 is 10.1 Å². The van der Waals surface area contributed by atoms with E-state index in [0.717, 1.165) is 17.3 Å². The van der Waals surface area contributed by atoms with Crippen molar-refractivity contribution in [3.63, 3.8) is 0 Å². The van der Waals surface area contributed by atoms with Crippen molar-refractivity contribution in [3.8, 4) is 5.88 Å². The summed E-state index contributed by atoms with van der Waals surface area (Å²) < 4.78 is 5.06. The molecular weight excluding hydrogens is 208 g/mol. The van der Waals surface area contributed by atoms with E-state index in [1.165, 1.54) is 0 Å². The molecule has 0 aliphatic carbocycles. The molecule has 0 aliphatic rings. The molecule has 4 heteroatoms. The number of hydrogen-bond donors (Lipinski definition) is 1. The van der Waals surface area contributed by atoms with Gasteiger partial charge in [0.15, 0.2) is 0 Å². The molecule has 1 heterocycles. The molecule has 0 radical (unpaired) electrons. The normalized spacial score (nSPS) is 12.2. The molecule has 0 fully saturated rings. The minimum Gasteiger partial charge on any atom is -0.481 e. The Labute approximate surface area is 95.6 Å². The maximum Gasteiger partial charge on any atom is 0.214 e. The third kappa shape index (κ3) is 4.42. The summed E-state index contributed by atoms with van der Waals surface area (Å²) in [5.74, 6) is 3.77. The number of anilines is 1. The Morgan fingerprint density at radius 3 is 3.00 bits per heavy atom. The molecule has 0 spiro atoms. The minimum atomic E-state index is 0.426. The number of ether oxygens (including phenoxy) is 1. The molecule has 1 rings (SSSR count). The number of thioether (sulfide) groups is 1. The first-order valence-corrected chi connectivity index (χ1v) is 6.27. The van der Waals surface area contributed by atoms with E-state index in [1.54, 1.807) is 7.11 Å². The summed E-state index contributed by atoms with van der Waals surface area (Å²) in [6, 6.07) is 6.16. The lowest BCUT2D eigenvalue weighted by molar-refractivity contribution is 0.398. The zero-order valence-electron chi connectivity index (χ0n) is 9.49. The fourth-order valence-corrected chi connectivity index (χ4v) is 1.87. The van der Waals surface area contributed by atoms with Crippen LogP contribution in [-0.4, -0.2) is 29.6 Å². The zero-order valence-corrected chi connectivity index (χ0v) is 10.3. The standard InChI is InChI=1S/C11H18N2OS/c1-4-15-8-9(2)12-10-6-5-7-11(13-10)14-3/h5-7,9H,4,8H2,1-3H3,(H,12,13). The SMILES string of the molecule is CCSCC(C)Nc1cccc(OC)n1. The van der Waals surface area contributed by atoms with Crippen LogP contribution in [0.2, 0.25) is 0 Å². The molecular formula is C11H18N2OS. The highest BCUT2D eigenvalue weighted by Gasteiger charge is 2.03. The fourth-order valence-electron chi connectivity index (χ4n) is 1.20. The Balaban J connectivity index is 2.48. The summed E-state index contributed by atoms with van der Waals surface area (Å²) in [4.78, 5) is 4.30. The summed E-state index contributed by atoms with van der Waals surface area (Å²) in [5, 5.41) is 3.34. The van der Waals surface area contributed by atoms with E-state index in [-0.39, 0.29) is 0 Å². The number of nitrogens with one attached hydrogen (secondary N) is 1. The second-order valence-corrected chi connectivity index (χ2v) is 4.59. The Morgan fingerprint density at radius 2 is 2.33 bits per heavy atom. The largest absolute Gasteiger partial charge is 0.481 e. The molecule has 1 aromatic heterocycles. The molecule has 15 heavy (non-hydrogen) atoms. The van der Waals surface area contributed by atoms with Crippen LogP contribution in [0.15, 0.2) is 18.2 Å². The van der Waals surface area contributed by atoms with Crippen molar-refractivity contribution in [1.29, 1.82) is 0 Å². The monoisotopic (exact) mass is 226 g/mol. The first-order valence-electron chi connectivity index (χ1n) is 5.11. The predicted molar refractivity (Wildman–Crippen MR) is 66.9 cm³/mol. The molecule has 3 nitrogen and oxygen atoms in total. The van der Waals surface area contributed by atoms with Crippen molar-refractivity contribution in [1.82, 2.24) is 4.98 Å². The number of nitrogens with zero attached hydrogens (tertiary/aromatic N) is 1. The van der Waals surface area contributed by atoms with Gasteiger partial charge in [-0.1, -0.05) is 13.0 Å². The van der Waals surface area contributed by atoms with Crippen LogP contribution in [0.25, 0.3) is 0 Å². The molecule has 0 saturated heterocycles. The van der Waals surface area contributed by atoms with Crippen LogP contribution >= 0.6 is 11.8 Å². The van der Waals surface area contributed by atoms with E-state index in [0.29, 0.717) is 11.9 Å². The van der Waals surface area contributed by atoms with Crippen LogP contribution in [-0.2, 0) is 0 Å². The fraction of sp³-hybridized carbons (Fsp3) is 0.545. The van der Waals surface area contributed by atoms with Gasteiger partial charge in [-0.05, 0) is 18.7 Å². The van der Waals surface area contributed by atoms with Gasteiger partial charge in [-0.15, -0.1) is 0 Å². The average molecular weight is 226 g/mol. The molecule has 84 valence electrons. The second kappa shape index (κ2) is 6.56. The van der Waals surface area contributed by atoms with Crippen LogP contribution in [0.1, 0.15) is 13.8 Å². The van der Waals surface area contributed by atoms with Crippen LogP contribution in [0, 0.1) is 0 Å². The summed E-state index contributed by atoms with van der Waals surface area (Å²) in [6.07, 6.45) is 0. The van der Waals surface area contributed by atoms with Crippen LogP contribution in [0.5, 0.6) is 5.88 Å². The van der Waals surface area contributed by atoms with E-state index < -0.39 is 0 Å². The van der Waals surface area contributed by atoms with Gasteiger partial charge in [-0.3, -0.25) is 0 Å². The van der Waals surface area contributed by atoms with Crippen molar-refractivity contribution in [2.24, 2.45) is 0 Å². The molecule has 1 N–H and O–H groups in total. The number of methoxy groups -OCH3 is 1. The Kier molecular flexibility index (Phi) is 5.32. The highest BCUT2D eigenvalue weighted by atomic mass is 32.2. The first-order chi connectivity index (χ1) is 7.26. The average Bonchev–Trinajstić information content (AvgIpc) is 2.26. The Morgan fingerprint density at radius 1 is 1.53 bits per heavy atom. The van der Waals surface area contributed by atoms with Crippen molar-refractivity contribution in [3.05, 3.63) is 18.2 Å². The summed E-state index contributed by atoms with van der Waals surface area (Å²) in [7, 11) is 1.63. The molecule has 0 amide bonds. The van der Waals surface area contributed by atoms with Crippen LogP contribution in [0.4, 0.5) is 5.82 Å². The number of hydrogen-bond acceptors (Lipinski definition) is 4. The number of aromatic nitrogens is 1. The Bertz CT molecular complexity index is 294. The molecule has 1 unspecified atom stereocenters. The van der Waals surface area contributed by atoms with Gasteiger partial charge in [0, 0.05) is 17.9 Å². The van der Waals surface area contributed by atoms with Crippen molar-refractivity contribution < 1.29 is 4.74 Å². The van der Waals surface area contributed by atoms with E-state index in [4.69, 9.17) is 4.74 Å². The van der Waals surface area contributed by atoms with Crippen molar-refractivity contribution in [2.45, 2.75) is 19.9 Å². The van der Waals surface area contributed by atoms with Crippen molar-refractivity contribution >= 4 is 17.6 Å². The second-order valence-electron chi connectivity index (χ2n) is 3.27. The van der Waals surface area contributed by atoms with Gasteiger partial charge in [0.25, 0.3) is 0 Å². The topological polar surface area (TPSA) is 34.1 Å². The first kappa shape index (κ1) is 12.2. The molecule has 1 atom stereocenters. The molecule has 0 saturated carbocycles. The van der Waals surface area contributed by atoms with Crippen LogP contribution < -0.4 is 10.1 Å². The van der Waals surface area contributed by atoms with Crippen molar-refractivity contribution in [2.75, 3.05) is 23.9 Å². The lowest BCUT2D eigenvalue weighted by Gasteiger charge is -2.13.